The summed E-state index contributed by atoms with van der Waals surface area (Å²) in [5.74, 6) is 0.360. The first-order chi connectivity index (χ1) is 26.0. The molecule has 1 heterocycles. The summed E-state index contributed by atoms with van der Waals surface area (Å²) in [6, 6.07) is 0. The Labute approximate surface area is 334 Å². The van der Waals surface area contributed by atoms with Crippen LogP contribution in [-0.2, 0) is 47.4 Å². The van der Waals surface area contributed by atoms with Gasteiger partial charge in [0.15, 0.2) is 25.2 Å². The van der Waals surface area contributed by atoms with E-state index in [-0.39, 0.29) is 55.3 Å². The largest absolute Gasteiger partial charge is 0.386 e. The topological polar surface area (TPSA) is 124 Å². The van der Waals surface area contributed by atoms with Gasteiger partial charge in [0.2, 0.25) is 0 Å². The van der Waals surface area contributed by atoms with Crippen LogP contribution in [0.5, 0.6) is 0 Å². The van der Waals surface area contributed by atoms with Crippen molar-refractivity contribution in [2.24, 2.45) is 11.8 Å². The van der Waals surface area contributed by atoms with Crippen LogP contribution in [0.25, 0.3) is 0 Å². The van der Waals surface area contributed by atoms with E-state index in [0.717, 1.165) is 19.1 Å². The number of allylic oxidation sites excluding steroid dienone is 4. The average molecular weight is 785 g/mol. The highest BCUT2D eigenvalue weighted by Crippen LogP contribution is 2.40. The predicted molar refractivity (Wildman–Crippen MR) is 218 cm³/mol. The minimum absolute atomic E-state index is 0.0411. The van der Waals surface area contributed by atoms with Gasteiger partial charge in [-0.1, -0.05) is 56.7 Å². The standard InChI is InChI=1S/C44H80O11/c1-15-39(52-35(10)48-17-3)33(8)42-40(53-42)30-43(13,54-36(11)49-18-4)26-20-21-31(6)29-32(7)22-23-41(46)44(14,55-37(12)50-19-5)27-24-38(25-28-45)51-34(9)47-16-2/h20-23,26,28,32-42,46H,15-19,24-25,27,29-30H2,1-14H3/b23-22+,26-20+,31-21+. The third-order valence-corrected chi connectivity index (χ3v) is 10.0. The summed E-state index contributed by atoms with van der Waals surface area (Å²) in [5, 5.41) is 11.5. The lowest BCUT2D eigenvalue weighted by Crippen LogP contribution is -2.45. The quantitative estimate of drug-likeness (QED) is 0.0226. The molecule has 1 aliphatic heterocycles. The molecule has 0 amide bonds. The fourth-order valence-corrected chi connectivity index (χ4v) is 7.13. The molecule has 0 aromatic rings. The minimum Gasteiger partial charge on any atom is -0.386 e. The van der Waals surface area contributed by atoms with Crippen molar-refractivity contribution in [3.05, 3.63) is 36.0 Å². The van der Waals surface area contributed by atoms with Crippen molar-refractivity contribution >= 4 is 6.29 Å². The van der Waals surface area contributed by atoms with Crippen LogP contribution >= 0.6 is 0 Å². The highest BCUT2D eigenvalue weighted by atomic mass is 16.7. The number of hydrogen-bond donors (Lipinski definition) is 1. The summed E-state index contributed by atoms with van der Waals surface area (Å²) in [7, 11) is 0. The van der Waals surface area contributed by atoms with Gasteiger partial charge in [-0.05, 0) is 108 Å². The maximum Gasteiger partial charge on any atom is 0.155 e. The summed E-state index contributed by atoms with van der Waals surface area (Å²) in [6.07, 6.45) is 11.8. The zero-order valence-corrected chi connectivity index (χ0v) is 36.9. The molecular formula is C44H80O11. The molecule has 13 atom stereocenters. The number of aldehydes is 1. The predicted octanol–water partition coefficient (Wildman–Crippen LogP) is 8.86. The van der Waals surface area contributed by atoms with Crippen LogP contribution < -0.4 is 0 Å². The normalized spacial score (nSPS) is 23.7. The number of carbonyl (C=O) groups is 1. The molecule has 1 aliphatic rings. The van der Waals surface area contributed by atoms with E-state index in [9.17, 15) is 9.90 Å². The van der Waals surface area contributed by atoms with Gasteiger partial charge in [0, 0.05) is 45.2 Å². The molecule has 0 saturated carbocycles. The monoisotopic (exact) mass is 785 g/mol. The summed E-state index contributed by atoms with van der Waals surface area (Å²) in [5.41, 5.74) is -0.402. The van der Waals surface area contributed by atoms with Crippen molar-refractivity contribution in [1.29, 1.82) is 0 Å². The second kappa shape index (κ2) is 27.2. The highest BCUT2D eigenvalue weighted by Gasteiger charge is 2.49. The van der Waals surface area contributed by atoms with Crippen LogP contribution in [0.15, 0.2) is 36.0 Å². The fraction of sp³-hybridized carbons (Fsp3) is 0.841. The Kier molecular flexibility index (Phi) is 25.5. The smallest absolute Gasteiger partial charge is 0.155 e. The van der Waals surface area contributed by atoms with Crippen LogP contribution in [0, 0.1) is 11.8 Å². The lowest BCUT2D eigenvalue weighted by atomic mass is 9.89. The third kappa shape index (κ3) is 20.7. The Bertz CT molecular complexity index is 1110. The van der Waals surface area contributed by atoms with Crippen molar-refractivity contribution < 1.29 is 52.5 Å². The molecule has 0 aromatic carbocycles. The van der Waals surface area contributed by atoms with Crippen molar-refractivity contribution in [2.45, 2.75) is 202 Å². The molecule has 322 valence electrons. The Morgan fingerprint density at radius 1 is 0.800 bits per heavy atom. The molecule has 0 radical (unpaired) electrons. The fourth-order valence-electron chi connectivity index (χ4n) is 7.13. The van der Waals surface area contributed by atoms with E-state index >= 15 is 0 Å². The van der Waals surface area contributed by atoms with Gasteiger partial charge in [0.05, 0.1) is 35.6 Å². The van der Waals surface area contributed by atoms with Gasteiger partial charge in [0.25, 0.3) is 0 Å². The zero-order valence-electron chi connectivity index (χ0n) is 36.9. The number of aliphatic hydroxyl groups is 1. The molecule has 1 rings (SSSR count). The van der Waals surface area contributed by atoms with E-state index < -0.39 is 29.9 Å². The lowest BCUT2D eigenvalue weighted by Gasteiger charge is -2.37. The van der Waals surface area contributed by atoms with Gasteiger partial charge in [-0.15, -0.1) is 0 Å². The first kappa shape index (κ1) is 51.5. The van der Waals surface area contributed by atoms with E-state index in [1.165, 1.54) is 5.57 Å². The molecule has 11 heteroatoms. The Hall–Kier alpha value is -1.51. The number of rotatable bonds is 33. The first-order valence-corrected chi connectivity index (χ1v) is 20.9. The molecule has 0 aliphatic carbocycles. The van der Waals surface area contributed by atoms with Gasteiger partial charge in [0.1, 0.15) is 12.4 Å². The van der Waals surface area contributed by atoms with Crippen LogP contribution in [0.2, 0.25) is 0 Å². The van der Waals surface area contributed by atoms with Crippen molar-refractivity contribution in [1.82, 2.24) is 0 Å². The van der Waals surface area contributed by atoms with E-state index in [1.54, 1.807) is 0 Å². The molecule has 1 N–H and O–H groups in total. The number of carbonyl (C=O) groups excluding carboxylic acids is 1. The number of epoxide rings is 1. The summed E-state index contributed by atoms with van der Waals surface area (Å²) in [4.78, 5) is 11.4. The van der Waals surface area contributed by atoms with Crippen LogP contribution in [-0.4, -0.2) is 105 Å². The highest BCUT2D eigenvalue weighted by molar-refractivity contribution is 5.50. The first-order valence-electron chi connectivity index (χ1n) is 20.9. The minimum atomic E-state index is -0.977. The second-order valence-corrected chi connectivity index (χ2v) is 15.3. The molecule has 55 heavy (non-hydrogen) atoms. The SMILES string of the molecule is CCOC(C)OC(CC=O)CCC(C)(OC(C)OCC)C(O)/C=C/C(C)C/C(C)=C/C=C/C(C)(CC1OC1C(C)C(CC)OC(C)OCC)OC(C)OCC. The Morgan fingerprint density at radius 3 is 1.93 bits per heavy atom. The van der Waals surface area contributed by atoms with Crippen molar-refractivity contribution in [3.63, 3.8) is 0 Å². The molecule has 0 bridgehead atoms. The van der Waals surface area contributed by atoms with E-state index in [4.69, 9.17) is 42.6 Å². The number of ether oxygens (including phenoxy) is 9. The molecule has 11 nitrogen and oxygen atoms in total. The molecule has 13 unspecified atom stereocenters. The van der Waals surface area contributed by atoms with E-state index in [2.05, 4.69) is 52.8 Å². The second-order valence-electron chi connectivity index (χ2n) is 15.3. The maximum absolute atomic E-state index is 11.5. The molecular weight excluding hydrogens is 704 g/mol. The number of aliphatic hydroxyl groups excluding tert-OH is 1. The average Bonchev–Trinajstić information content (AvgIpc) is 3.86. The molecule has 1 fully saturated rings. The molecule has 1 saturated heterocycles. The van der Waals surface area contributed by atoms with E-state index in [1.807, 2.05) is 74.5 Å². The van der Waals surface area contributed by atoms with Gasteiger partial charge < -0.3 is 52.5 Å². The van der Waals surface area contributed by atoms with Gasteiger partial charge in [-0.3, -0.25) is 0 Å². The van der Waals surface area contributed by atoms with Crippen molar-refractivity contribution in [2.75, 3.05) is 26.4 Å². The van der Waals surface area contributed by atoms with Crippen LogP contribution in [0.3, 0.4) is 0 Å². The van der Waals surface area contributed by atoms with Crippen LogP contribution in [0.1, 0.15) is 135 Å². The summed E-state index contributed by atoms with van der Waals surface area (Å²) < 4.78 is 53.7. The maximum atomic E-state index is 11.5. The van der Waals surface area contributed by atoms with E-state index in [0.29, 0.717) is 45.7 Å². The molecule has 0 aromatic heterocycles. The van der Waals surface area contributed by atoms with Gasteiger partial charge in [-0.2, -0.15) is 0 Å². The van der Waals surface area contributed by atoms with Crippen molar-refractivity contribution in [3.8, 4) is 0 Å². The summed E-state index contributed by atoms with van der Waals surface area (Å²) >= 11 is 0. The number of hydrogen-bond acceptors (Lipinski definition) is 11. The summed E-state index contributed by atoms with van der Waals surface area (Å²) in [6.45, 7) is 29.9. The van der Waals surface area contributed by atoms with Crippen LogP contribution in [0.4, 0.5) is 0 Å². The Morgan fingerprint density at radius 2 is 1.36 bits per heavy atom. The van der Waals surface area contributed by atoms with Gasteiger partial charge in [-0.25, -0.2) is 0 Å². The lowest BCUT2D eigenvalue weighted by molar-refractivity contribution is -0.224. The molecule has 0 spiro atoms. The third-order valence-electron chi connectivity index (χ3n) is 10.0. The van der Waals surface area contributed by atoms with Gasteiger partial charge >= 0.3 is 0 Å². The zero-order chi connectivity index (χ0) is 41.6. The Balaban J connectivity index is 3.02.